The number of fused-ring (bicyclic) bond motifs is 1. The van der Waals surface area contributed by atoms with Gasteiger partial charge in [-0.05, 0) is 37.9 Å². The lowest BCUT2D eigenvalue weighted by Gasteiger charge is -2.32. The van der Waals surface area contributed by atoms with Crippen LogP contribution in [-0.4, -0.2) is 41.0 Å². The van der Waals surface area contributed by atoms with E-state index >= 15 is 0 Å². The summed E-state index contributed by atoms with van der Waals surface area (Å²) in [7, 11) is 0. The molecule has 124 valence electrons. The number of hydrogen-bond donors (Lipinski definition) is 2. The Hall–Kier alpha value is -1.04. The molecular weight excluding hydrogens is 323 g/mol. The third kappa shape index (κ3) is 4.48. The van der Waals surface area contributed by atoms with E-state index in [1.165, 1.54) is 25.8 Å². The molecule has 0 aliphatic carbocycles. The fourth-order valence-electron chi connectivity index (χ4n) is 3.38. The number of nitrogens with one attached hydrogen (secondary N) is 1. The predicted octanol–water partition coefficient (Wildman–Crippen LogP) is 1.79. The van der Waals surface area contributed by atoms with Crippen LogP contribution in [0, 0.1) is 0 Å². The zero-order valence-electron chi connectivity index (χ0n) is 12.5. The average molecular weight is 347 g/mol. The Balaban J connectivity index is 0.00000121. The van der Waals surface area contributed by atoms with Crippen molar-refractivity contribution < 1.29 is 4.79 Å². The van der Waals surface area contributed by atoms with Crippen LogP contribution in [0.5, 0.6) is 0 Å². The number of amides is 1. The third-order valence-electron chi connectivity index (χ3n) is 4.39. The number of carbonyl (C=O) groups is 1. The number of nitrogens with two attached hydrogens (primary N) is 1. The number of carbonyl (C=O) groups excluding carboxylic acids is 1. The Labute approximate surface area is 143 Å². The number of piperidine rings is 1. The summed E-state index contributed by atoms with van der Waals surface area (Å²) in [6.07, 6.45) is 6.81. The quantitative estimate of drug-likeness (QED) is 0.875. The molecule has 3 N–H and O–H groups in total. The van der Waals surface area contributed by atoms with Crippen LogP contribution in [0.3, 0.4) is 0 Å². The van der Waals surface area contributed by atoms with E-state index in [0.717, 1.165) is 18.7 Å². The normalized spacial score (nSPS) is 23.8. The highest BCUT2D eigenvalue weighted by molar-refractivity contribution is 5.85. The number of halogens is 2. The first kappa shape index (κ1) is 19.0. The van der Waals surface area contributed by atoms with E-state index in [1.54, 1.807) is 12.3 Å². The summed E-state index contributed by atoms with van der Waals surface area (Å²) in [6.45, 7) is 2.31. The second-order valence-electron chi connectivity index (χ2n) is 5.82. The lowest BCUT2D eigenvalue weighted by molar-refractivity contribution is -0.121. The molecule has 2 saturated heterocycles. The number of rotatable bonds is 3. The topological polar surface area (TPSA) is 71.2 Å². The molecule has 0 spiro atoms. The van der Waals surface area contributed by atoms with Crippen LogP contribution in [0.2, 0.25) is 0 Å². The highest BCUT2D eigenvalue weighted by Crippen LogP contribution is 2.27. The van der Waals surface area contributed by atoms with Gasteiger partial charge in [-0.3, -0.25) is 14.7 Å². The smallest absolute Gasteiger partial charge is 0.226 e. The molecule has 5 nitrogen and oxygen atoms in total. The number of anilines is 1. The zero-order valence-corrected chi connectivity index (χ0v) is 14.2. The van der Waals surface area contributed by atoms with Gasteiger partial charge in [0.25, 0.3) is 0 Å². The lowest BCUT2D eigenvalue weighted by Crippen LogP contribution is -2.47. The molecule has 1 aromatic heterocycles. The molecular formula is C15H24Cl2N4O. The molecule has 0 saturated carbocycles. The summed E-state index contributed by atoms with van der Waals surface area (Å²) >= 11 is 0. The van der Waals surface area contributed by atoms with Crippen molar-refractivity contribution in [3.05, 3.63) is 24.0 Å². The first-order valence-corrected chi connectivity index (χ1v) is 7.46. The standard InChI is InChI=1S/C15H22N4O.2ClH/c16-11-4-5-12(17-10-11)9-15(20)18-13-6-8-19-7-2-1-3-14(13)19;;/h4-5,10,13-14H,1-3,6-9,16H2,(H,18,20);2*1H. The van der Waals surface area contributed by atoms with Gasteiger partial charge in [-0.15, -0.1) is 24.8 Å². The van der Waals surface area contributed by atoms with E-state index in [-0.39, 0.29) is 30.7 Å². The second-order valence-corrected chi connectivity index (χ2v) is 5.82. The van der Waals surface area contributed by atoms with E-state index < -0.39 is 0 Å². The first-order chi connectivity index (χ1) is 9.72. The summed E-state index contributed by atoms with van der Waals surface area (Å²) in [5.74, 6) is 0.0692. The van der Waals surface area contributed by atoms with Crippen molar-refractivity contribution >= 4 is 36.4 Å². The molecule has 22 heavy (non-hydrogen) atoms. The molecule has 0 bridgehead atoms. The summed E-state index contributed by atoms with van der Waals surface area (Å²) < 4.78 is 0. The molecule has 3 heterocycles. The zero-order chi connectivity index (χ0) is 13.9. The van der Waals surface area contributed by atoms with Gasteiger partial charge in [-0.1, -0.05) is 6.42 Å². The van der Waals surface area contributed by atoms with E-state index in [1.807, 2.05) is 6.07 Å². The van der Waals surface area contributed by atoms with Crippen LogP contribution >= 0.6 is 24.8 Å². The maximum Gasteiger partial charge on any atom is 0.226 e. The van der Waals surface area contributed by atoms with Crippen molar-refractivity contribution in [3.8, 4) is 0 Å². The maximum absolute atomic E-state index is 12.1. The fraction of sp³-hybridized carbons (Fsp3) is 0.600. The molecule has 7 heteroatoms. The molecule has 0 aromatic carbocycles. The van der Waals surface area contributed by atoms with Crippen LogP contribution < -0.4 is 11.1 Å². The van der Waals surface area contributed by atoms with Crippen LogP contribution in [-0.2, 0) is 11.2 Å². The first-order valence-electron chi connectivity index (χ1n) is 7.46. The molecule has 2 unspecified atom stereocenters. The Morgan fingerprint density at radius 2 is 2.09 bits per heavy atom. The van der Waals surface area contributed by atoms with Gasteiger partial charge in [0.15, 0.2) is 0 Å². The van der Waals surface area contributed by atoms with Gasteiger partial charge in [-0.25, -0.2) is 0 Å². The van der Waals surface area contributed by atoms with Gasteiger partial charge >= 0.3 is 0 Å². The Morgan fingerprint density at radius 3 is 2.82 bits per heavy atom. The molecule has 0 radical (unpaired) electrons. The minimum absolute atomic E-state index is 0. The van der Waals surface area contributed by atoms with E-state index in [0.29, 0.717) is 24.2 Å². The largest absolute Gasteiger partial charge is 0.397 e. The van der Waals surface area contributed by atoms with Crippen LogP contribution in [0.15, 0.2) is 18.3 Å². The number of aromatic nitrogens is 1. The van der Waals surface area contributed by atoms with Crippen molar-refractivity contribution in [2.24, 2.45) is 0 Å². The third-order valence-corrected chi connectivity index (χ3v) is 4.39. The van der Waals surface area contributed by atoms with Crippen LogP contribution in [0.4, 0.5) is 5.69 Å². The van der Waals surface area contributed by atoms with Gasteiger partial charge in [0.1, 0.15) is 0 Å². The van der Waals surface area contributed by atoms with Crippen molar-refractivity contribution in [1.29, 1.82) is 0 Å². The van der Waals surface area contributed by atoms with Crippen molar-refractivity contribution in [2.45, 2.75) is 44.2 Å². The molecule has 2 fully saturated rings. The molecule has 1 aromatic rings. The van der Waals surface area contributed by atoms with Gasteiger partial charge in [0.2, 0.25) is 5.91 Å². The van der Waals surface area contributed by atoms with Gasteiger partial charge in [-0.2, -0.15) is 0 Å². The van der Waals surface area contributed by atoms with Crippen molar-refractivity contribution in [2.75, 3.05) is 18.8 Å². The van der Waals surface area contributed by atoms with Crippen molar-refractivity contribution in [3.63, 3.8) is 0 Å². The fourth-order valence-corrected chi connectivity index (χ4v) is 3.38. The maximum atomic E-state index is 12.1. The van der Waals surface area contributed by atoms with Gasteiger partial charge < -0.3 is 11.1 Å². The Morgan fingerprint density at radius 1 is 1.27 bits per heavy atom. The Bertz CT molecular complexity index is 483. The highest BCUT2D eigenvalue weighted by atomic mass is 35.5. The monoisotopic (exact) mass is 346 g/mol. The van der Waals surface area contributed by atoms with Gasteiger partial charge in [0.05, 0.1) is 18.3 Å². The van der Waals surface area contributed by atoms with E-state index in [4.69, 9.17) is 5.73 Å². The SMILES string of the molecule is Cl.Cl.Nc1ccc(CC(=O)NC2CCN3CCCCC23)nc1. The predicted molar refractivity (Wildman–Crippen MR) is 92.6 cm³/mol. The lowest BCUT2D eigenvalue weighted by atomic mass is 9.99. The molecule has 1 amide bonds. The number of hydrogen-bond acceptors (Lipinski definition) is 4. The number of nitrogen functional groups attached to an aromatic ring is 1. The minimum Gasteiger partial charge on any atom is -0.397 e. The average Bonchev–Trinajstić information content (AvgIpc) is 2.85. The second kappa shape index (κ2) is 8.56. The summed E-state index contributed by atoms with van der Waals surface area (Å²) in [5.41, 5.74) is 7.00. The minimum atomic E-state index is 0. The van der Waals surface area contributed by atoms with E-state index in [9.17, 15) is 4.79 Å². The molecule has 2 aliphatic heterocycles. The summed E-state index contributed by atoms with van der Waals surface area (Å²) in [6, 6.07) is 4.47. The van der Waals surface area contributed by atoms with Crippen LogP contribution in [0.1, 0.15) is 31.4 Å². The molecule has 2 aliphatic rings. The van der Waals surface area contributed by atoms with Crippen molar-refractivity contribution in [1.82, 2.24) is 15.2 Å². The van der Waals surface area contributed by atoms with Crippen LogP contribution in [0.25, 0.3) is 0 Å². The number of pyridine rings is 1. The number of nitrogens with zero attached hydrogens (tertiary/aromatic N) is 2. The summed E-state index contributed by atoms with van der Waals surface area (Å²) in [5, 5.41) is 3.19. The summed E-state index contributed by atoms with van der Waals surface area (Å²) in [4.78, 5) is 18.8. The highest BCUT2D eigenvalue weighted by Gasteiger charge is 2.36. The molecule has 3 rings (SSSR count). The molecule has 2 atom stereocenters. The Kier molecular flexibility index (Phi) is 7.39. The van der Waals surface area contributed by atoms with E-state index in [2.05, 4.69) is 15.2 Å². The van der Waals surface area contributed by atoms with Gasteiger partial charge in [0, 0.05) is 24.3 Å².